The van der Waals surface area contributed by atoms with Gasteiger partial charge in [-0.1, -0.05) is 24.3 Å². The van der Waals surface area contributed by atoms with Gasteiger partial charge < -0.3 is 10.2 Å². The molecular weight excluding hydrogens is 388 g/mol. The summed E-state index contributed by atoms with van der Waals surface area (Å²) in [6.45, 7) is 3.46. The molecule has 0 aliphatic carbocycles. The molecule has 31 heavy (non-hydrogen) atoms. The van der Waals surface area contributed by atoms with Crippen molar-refractivity contribution in [2.45, 2.75) is 19.9 Å². The van der Waals surface area contributed by atoms with Gasteiger partial charge in [0.15, 0.2) is 0 Å². The highest BCUT2D eigenvalue weighted by molar-refractivity contribution is 5.95. The Hall–Kier alpha value is -3.93. The Balaban J connectivity index is 1.50. The van der Waals surface area contributed by atoms with Gasteiger partial charge >= 0.3 is 0 Å². The van der Waals surface area contributed by atoms with Crippen LogP contribution >= 0.6 is 0 Å². The number of carbonyl (C=O) groups is 2. The second-order valence-electron chi connectivity index (χ2n) is 7.55. The number of nitrogens with one attached hydrogen (secondary N) is 1. The zero-order valence-corrected chi connectivity index (χ0v) is 17.7. The van der Waals surface area contributed by atoms with Crippen molar-refractivity contribution in [3.63, 3.8) is 0 Å². The van der Waals surface area contributed by atoms with E-state index in [1.54, 1.807) is 36.2 Å². The quantitative estimate of drug-likeness (QED) is 0.511. The minimum atomic E-state index is -0.142. The molecule has 0 saturated carbocycles. The van der Waals surface area contributed by atoms with Crippen molar-refractivity contribution in [3.8, 4) is 5.69 Å². The number of hydrogen-bond donors (Lipinski definition) is 1. The summed E-state index contributed by atoms with van der Waals surface area (Å²) in [6, 6.07) is 23.0. The molecule has 1 atom stereocenters. The van der Waals surface area contributed by atoms with Crippen LogP contribution in [0.5, 0.6) is 0 Å². The number of para-hydroxylation sites is 2. The molecule has 156 valence electrons. The topological polar surface area (TPSA) is 67.2 Å². The standard InChI is InChI=1S/C25H24N4O2/c1-17(28(3)25(31)20-8-12-21(13-9-20)27-18(2)30)19-10-14-22(15-11-19)29-16-26-23-6-4-5-7-24(23)29/h4-17H,1-3H3,(H,27,30)/t17-/m0/s1. The van der Waals surface area contributed by atoms with Crippen molar-refractivity contribution < 1.29 is 9.59 Å². The van der Waals surface area contributed by atoms with Crippen LogP contribution in [0.2, 0.25) is 0 Å². The number of hydrogen-bond acceptors (Lipinski definition) is 3. The molecule has 0 aliphatic rings. The molecule has 0 radical (unpaired) electrons. The van der Waals surface area contributed by atoms with Gasteiger partial charge in [-0.25, -0.2) is 4.98 Å². The predicted octanol–water partition coefficient (Wildman–Crippen LogP) is 4.82. The number of benzene rings is 3. The van der Waals surface area contributed by atoms with Crippen molar-refractivity contribution in [2.24, 2.45) is 0 Å². The van der Waals surface area contributed by atoms with Gasteiger partial charge in [-0.2, -0.15) is 0 Å². The molecule has 1 heterocycles. The number of imidazole rings is 1. The summed E-state index contributed by atoms with van der Waals surface area (Å²) in [7, 11) is 1.80. The van der Waals surface area contributed by atoms with Gasteiger partial charge in [0.2, 0.25) is 5.91 Å². The normalized spacial score (nSPS) is 11.8. The summed E-state index contributed by atoms with van der Waals surface area (Å²) in [5.41, 5.74) is 5.31. The highest BCUT2D eigenvalue weighted by Gasteiger charge is 2.19. The SMILES string of the molecule is CC(=O)Nc1ccc(C(=O)N(C)[C@@H](C)c2ccc(-n3cnc4ccccc43)cc2)cc1. The van der Waals surface area contributed by atoms with Gasteiger partial charge in [0.25, 0.3) is 5.91 Å². The smallest absolute Gasteiger partial charge is 0.254 e. The lowest BCUT2D eigenvalue weighted by Crippen LogP contribution is -2.29. The maximum atomic E-state index is 12.9. The molecule has 0 unspecified atom stereocenters. The van der Waals surface area contributed by atoms with Gasteiger partial charge in [0.1, 0.15) is 6.33 Å². The Labute approximate surface area is 181 Å². The van der Waals surface area contributed by atoms with Crippen LogP contribution in [-0.4, -0.2) is 33.3 Å². The highest BCUT2D eigenvalue weighted by atomic mass is 16.2. The molecule has 6 nitrogen and oxygen atoms in total. The first-order chi connectivity index (χ1) is 14.9. The van der Waals surface area contributed by atoms with Gasteiger partial charge in [0, 0.05) is 30.9 Å². The molecule has 6 heteroatoms. The Kier molecular flexibility index (Phi) is 5.54. The number of fused-ring (bicyclic) bond motifs is 1. The fourth-order valence-electron chi connectivity index (χ4n) is 3.58. The Morgan fingerprint density at radius 2 is 1.65 bits per heavy atom. The zero-order chi connectivity index (χ0) is 22.0. The van der Waals surface area contributed by atoms with E-state index in [0.717, 1.165) is 22.3 Å². The lowest BCUT2D eigenvalue weighted by Gasteiger charge is -2.26. The summed E-state index contributed by atoms with van der Waals surface area (Å²) in [5.74, 6) is -0.219. The van der Waals surface area contributed by atoms with Gasteiger partial charge in [-0.15, -0.1) is 0 Å². The first-order valence-electron chi connectivity index (χ1n) is 10.1. The monoisotopic (exact) mass is 412 g/mol. The van der Waals surface area contributed by atoms with E-state index in [1.165, 1.54) is 6.92 Å². The lowest BCUT2D eigenvalue weighted by molar-refractivity contribution is -0.114. The molecule has 0 bridgehead atoms. The minimum Gasteiger partial charge on any atom is -0.335 e. The predicted molar refractivity (Wildman–Crippen MR) is 122 cm³/mol. The number of rotatable bonds is 5. The Morgan fingerprint density at radius 3 is 2.32 bits per heavy atom. The van der Waals surface area contributed by atoms with Crippen molar-refractivity contribution in [3.05, 3.63) is 90.3 Å². The third-order valence-electron chi connectivity index (χ3n) is 5.46. The molecule has 0 fully saturated rings. The second kappa shape index (κ2) is 8.44. The van der Waals surface area contributed by atoms with E-state index in [9.17, 15) is 9.59 Å². The van der Waals surface area contributed by atoms with E-state index in [1.807, 2.05) is 61.8 Å². The fraction of sp³-hybridized carbons (Fsp3) is 0.160. The maximum Gasteiger partial charge on any atom is 0.254 e. The summed E-state index contributed by atoms with van der Waals surface area (Å²) < 4.78 is 2.05. The van der Waals surface area contributed by atoms with E-state index < -0.39 is 0 Å². The molecule has 1 aromatic heterocycles. The van der Waals surface area contributed by atoms with E-state index in [-0.39, 0.29) is 17.9 Å². The molecular formula is C25H24N4O2. The van der Waals surface area contributed by atoms with E-state index in [2.05, 4.69) is 14.9 Å². The van der Waals surface area contributed by atoms with Crippen molar-refractivity contribution in [1.82, 2.24) is 14.5 Å². The third-order valence-corrected chi connectivity index (χ3v) is 5.46. The molecule has 2 amide bonds. The number of nitrogens with zero attached hydrogens (tertiary/aromatic N) is 3. The molecule has 4 rings (SSSR count). The number of anilines is 1. The summed E-state index contributed by atoms with van der Waals surface area (Å²) in [6.07, 6.45) is 1.82. The molecule has 0 spiro atoms. The molecule has 0 saturated heterocycles. The lowest BCUT2D eigenvalue weighted by atomic mass is 10.1. The third kappa shape index (κ3) is 4.19. The van der Waals surface area contributed by atoms with E-state index in [0.29, 0.717) is 11.3 Å². The Bertz CT molecular complexity index is 1230. The van der Waals surface area contributed by atoms with Gasteiger partial charge in [0.05, 0.1) is 17.1 Å². The van der Waals surface area contributed by atoms with Crippen molar-refractivity contribution in [2.75, 3.05) is 12.4 Å². The maximum absolute atomic E-state index is 12.9. The second-order valence-corrected chi connectivity index (χ2v) is 7.55. The molecule has 0 aliphatic heterocycles. The van der Waals surface area contributed by atoms with Crippen LogP contribution in [0.15, 0.2) is 79.1 Å². The Morgan fingerprint density at radius 1 is 0.968 bits per heavy atom. The van der Waals surface area contributed by atoms with Crippen molar-refractivity contribution in [1.29, 1.82) is 0 Å². The first-order valence-corrected chi connectivity index (χ1v) is 10.1. The van der Waals surface area contributed by atoms with Gasteiger partial charge in [-0.3, -0.25) is 14.2 Å². The van der Waals surface area contributed by atoms with Crippen LogP contribution in [-0.2, 0) is 4.79 Å². The van der Waals surface area contributed by atoms with E-state index in [4.69, 9.17) is 0 Å². The largest absolute Gasteiger partial charge is 0.335 e. The van der Waals surface area contributed by atoms with Crippen LogP contribution in [0.4, 0.5) is 5.69 Å². The molecule has 3 aromatic carbocycles. The van der Waals surface area contributed by atoms with Crippen molar-refractivity contribution >= 4 is 28.5 Å². The summed E-state index contributed by atoms with van der Waals surface area (Å²) >= 11 is 0. The first kappa shape index (κ1) is 20.3. The highest BCUT2D eigenvalue weighted by Crippen LogP contribution is 2.24. The summed E-state index contributed by atoms with van der Waals surface area (Å²) in [5, 5.41) is 2.71. The molecule has 4 aromatic rings. The van der Waals surface area contributed by atoms with Crippen LogP contribution in [0.25, 0.3) is 16.7 Å². The average Bonchev–Trinajstić information content (AvgIpc) is 3.22. The van der Waals surface area contributed by atoms with E-state index >= 15 is 0 Å². The fourth-order valence-corrected chi connectivity index (χ4v) is 3.58. The van der Waals surface area contributed by atoms with Gasteiger partial charge in [-0.05, 0) is 61.0 Å². The molecule has 1 N–H and O–H groups in total. The van der Waals surface area contributed by atoms with Crippen LogP contribution in [0.1, 0.15) is 35.8 Å². The number of aromatic nitrogens is 2. The zero-order valence-electron chi connectivity index (χ0n) is 17.7. The van der Waals surface area contributed by atoms with Crippen LogP contribution in [0.3, 0.4) is 0 Å². The number of amides is 2. The number of carbonyl (C=O) groups excluding carboxylic acids is 2. The van der Waals surface area contributed by atoms with Crippen LogP contribution in [0, 0.1) is 0 Å². The average molecular weight is 412 g/mol. The minimum absolute atomic E-state index is 0.0773. The summed E-state index contributed by atoms with van der Waals surface area (Å²) in [4.78, 5) is 30.2. The van der Waals surface area contributed by atoms with Crippen LogP contribution < -0.4 is 5.32 Å².